The summed E-state index contributed by atoms with van der Waals surface area (Å²) in [6, 6.07) is 6.61. The zero-order valence-electron chi connectivity index (χ0n) is 17.7. The molecule has 0 aliphatic carbocycles. The average Bonchev–Trinajstić information content (AvgIpc) is 3.25. The molecule has 1 amide bonds. The Morgan fingerprint density at radius 1 is 1.20 bits per heavy atom. The number of methoxy groups -OCH3 is 1. The van der Waals surface area contributed by atoms with Crippen molar-refractivity contribution in [2.24, 2.45) is 0 Å². The summed E-state index contributed by atoms with van der Waals surface area (Å²) in [5.41, 5.74) is 2.45. The first-order valence-corrected chi connectivity index (χ1v) is 10.8. The minimum Gasteiger partial charge on any atom is -0.507 e. The maximum atomic E-state index is 13.0. The number of nitrogens with zero attached hydrogens (tertiary/aromatic N) is 1. The first-order valence-electron chi connectivity index (χ1n) is 9.95. The van der Waals surface area contributed by atoms with Gasteiger partial charge >= 0.3 is 0 Å². The van der Waals surface area contributed by atoms with E-state index < -0.39 is 17.7 Å². The summed E-state index contributed by atoms with van der Waals surface area (Å²) in [5.74, 6) is -0.686. The summed E-state index contributed by atoms with van der Waals surface area (Å²) in [4.78, 5) is 28.3. The van der Waals surface area contributed by atoms with Crippen molar-refractivity contribution in [3.05, 3.63) is 56.8 Å². The highest BCUT2D eigenvalue weighted by molar-refractivity contribution is 7.10. The van der Waals surface area contributed by atoms with Crippen molar-refractivity contribution in [1.82, 2.24) is 4.90 Å². The third-order valence-corrected chi connectivity index (χ3v) is 6.26. The Balaban J connectivity index is 2.09. The van der Waals surface area contributed by atoms with Crippen LogP contribution in [0.15, 0.2) is 35.2 Å². The number of hydrogen-bond donors (Lipinski definition) is 1. The smallest absolute Gasteiger partial charge is 0.295 e. The highest BCUT2D eigenvalue weighted by atomic mass is 32.1. The molecule has 1 N–H and O–H groups in total. The van der Waals surface area contributed by atoms with Gasteiger partial charge in [0.1, 0.15) is 11.5 Å². The van der Waals surface area contributed by atoms with Gasteiger partial charge in [0, 0.05) is 30.7 Å². The fourth-order valence-corrected chi connectivity index (χ4v) is 4.74. The summed E-state index contributed by atoms with van der Waals surface area (Å²) in [6.45, 7) is 7.13. The van der Waals surface area contributed by atoms with Gasteiger partial charge < -0.3 is 19.5 Å². The van der Waals surface area contributed by atoms with Crippen LogP contribution in [0, 0.1) is 13.8 Å². The SMILES string of the molecule is CCOc1ccc(/C(O)=C2/C(=O)C(=O)N(CCCOC)C2c2sccc2C)cc1C. The molecule has 1 aliphatic heterocycles. The Kier molecular flexibility index (Phi) is 6.95. The first kappa shape index (κ1) is 22.1. The van der Waals surface area contributed by atoms with Crippen LogP contribution in [-0.4, -0.2) is 48.6 Å². The minimum atomic E-state index is -0.658. The molecule has 0 spiro atoms. The molecule has 0 radical (unpaired) electrons. The number of carbonyl (C=O) groups excluding carboxylic acids is 2. The van der Waals surface area contributed by atoms with Gasteiger partial charge in [-0.15, -0.1) is 11.3 Å². The monoisotopic (exact) mass is 429 g/mol. The highest BCUT2D eigenvalue weighted by Gasteiger charge is 2.46. The number of Topliss-reactive ketones (excluding diaryl/α,β-unsaturated/α-hetero) is 1. The maximum Gasteiger partial charge on any atom is 0.295 e. The molecular formula is C23H27NO5S. The van der Waals surface area contributed by atoms with Crippen LogP contribution in [0.5, 0.6) is 5.75 Å². The number of likely N-dealkylation sites (tertiary alicyclic amines) is 1. The maximum absolute atomic E-state index is 13.0. The quantitative estimate of drug-likeness (QED) is 0.294. The number of ether oxygens (including phenoxy) is 2. The van der Waals surface area contributed by atoms with Crippen LogP contribution in [-0.2, 0) is 14.3 Å². The van der Waals surface area contributed by atoms with Crippen LogP contribution >= 0.6 is 11.3 Å². The number of amides is 1. The molecule has 0 bridgehead atoms. The number of rotatable bonds is 8. The Labute approximate surface area is 180 Å². The van der Waals surface area contributed by atoms with Crippen molar-refractivity contribution in [3.63, 3.8) is 0 Å². The lowest BCUT2D eigenvalue weighted by Gasteiger charge is -2.24. The molecule has 30 heavy (non-hydrogen) atoms. The van der Waals surface area contributed by atoms with Gasteiger partial charge in [-0.05, 0) is 68.0 Å². The van der Waals surface area contributed by atoms with Gasteiger partial charge in [0.15, 0.2) is 0 Å². The molecule has 1 saturated heterocycles. The van der Waals surface area contributed by atoms with E-state index in [9.17, 15) is 14.7 Å². The fraction of sp³-hybridized carbons (Fsp3) is 0.391. The van der Waals surface area contributed by atoms with E-state index in [4.69, 9.17) is 9.47 Å². The van der Waals surface area contributed by atoms with Crippen molar-refractivity contribution in [3.8, 4) is 5.75 Å². The molecule has 3 rings (SSSR count). The third kappa shape index (κ3) is 4.13. The van der Waals surface area contributed by atoms with Crippen LogP contribution in [0.4, 0.5) is 0 Å². The largest absolute Gasteiger partial charge is 0.507 e. The average molecular weight is 430 g/mol. The topological polar surface area (TPSA) is 76.1 Å². The van der Waals surface area contributed by atoms with Crippen molar-refractivity contribution in [1.29, 1.82) is 0 Å². The molecule has 2 heterocycles. The van der Waals surface area contributed by atoms with Gasteiger partial charge in [-0.3, -0.25) is 9.59 Å². The van der Waals surface area contributed by atoms with E-state index in [1.165, 1.54) is 11.3 Å². The second-order valence-corrected chi connectivity index (χ2v) is 8.17. The summed E-state index contributed by atoms with van der Waals surface area (Å²) in [5, 5.41) is 13.1. The summed E-state index contributed by atoms with van der Waals surface area (Å²) in [6.07, 6.45) is 0.604. The van der Waals surface area contributed by atoms with E-state index in [1.807, 2.05) is 32.2 Å². The summed E-state index contributed by atoms with van der Waals surface area (Å²) < 4.78 is 10.7. The lowest BCUT2D eigenvalue weighted by molar-refractivity contribution is -0.140. The van der Waals surface area contributed by atoms with Gasteiger partial charge in [0.25, 0.3) is 11.7 Å². The predicted molar refractivity (Wildman–Crippen MR) is 117 cm³/mol. The number of benzene rings is 1. The molecule has 1 aromatic heterocycles. The van der Waals surface area contributed by atoms with E-state index in [0.29, 0.717) is 31.7 Å². The molecule has 1 fully saturated rings. The van der Waals surface area contributed by atoms with Crippen molar-refractivity contribution >= 4 is 28.8 Å². The number of thiophene rings is 1. The Hall–Kier alpha value is -2.64. The Morgan fingerprint density at radius 2 is 1.97 bits per heavy atom. The molecule has 1 aromatic carbocycles. The van der Waals surface area contributed by atoms with Crippen LogP contribution in [0.3, 0.4) is 0 Å². The van der Waals surface area contributed by atoms with Crippen LogP contribution in [0.1, 0.15) is 41.0 Å². The third-order valence-electron chi connectivity index (χ3n) is 5.19. The second kappa shape index (κ2) is 9.45. The first-order chi connectivity index (χ1) is 14.4. The molecule has 0 saturated carbocycles. The number of hydrogen-bond acceptors (Lipinski definition) is 6. The van der Waals surface area contributed by atoms with E-state index in [0.717, 1.165) is 21.8 Å². The highest BCUT2D eigenvalue weighted by Crippen LogP contribution is 2.42. The lowest BCUT2D eigenvalue weighted by Crippen LogP contribution is -2.31. The molecule has 2 aromatic rings. The van der Waals surface area contributed by atoms with E-state index >= 15 is 0 Å². The van der Waals surface area contributed by atoms with E-state index in [2.05, 4.69) is 0 Å². The Morgan fingerprint density at radius 3 is 2.57 bits per heavy atom. The van der Waals surface area contributed by atoms with Crippen LogP contribution in [0.25, 0.3) is 5.76 Å². The summed E-state index contributed by atoms with van der Waals surface area (Å²) in [7, 11) is 1.60. The van der Waals surface area contributed by atoms with Gasteiger partial charge in [0.2, 0.25) is 0 Å². The number of aryl methyl sites for hydroxylation is 2. The molecule has 1 unspecified atom stereocenters. The number of carbonyl (C=O) groups is 2. The normalized spacial score (nSPS) is 18.3. The Bertz CT molecular complexity index is 978. The number of aliphatic hydroxyl groups excluding tert-OH is 1. The van der Waals surface area contributed by atoms with Gasteiger partial charge in [-0.2, -0.15) is 0 Å². The zero-order valence-corrected chi connectivity index (χ0v) is 18.5. The van der Waals surface area contributed by atoms with Gasteiger partial charge in [-0.25, -0.2) is 0 Å². The number of aliphatic hydroxyl groups is 1. The molecule has 7 heteroatoms. The molecule has 6 nitrogen and oxygen atoms in total. The minimum absolute atomic E-state index is 0.131. The van der Waals surface area contributed by atoms with Crippen LogP contribution in [0.2, 0.25) is 0 Å². The predicted octanol–water partition coefficient (Wildman–Crippen LogP) is 4.22. The van der Waals surface area contributed by atoms with Crippen molar-refractivity contribution in [2.45, 2.75) is 33.2 Å². The summed E-state index contributed by atoms with van der Waals surface area (Å²) >= 11 is 1.48. The van der Waals surface area contributed by atoms with E-state index in [-0.39, 0.29) is 11.3 Å². The van der Waals surface area contributed by atoms with Crippen molar-refractivity contribution < 1.29 is 24.2 Å². The standard InChI is InChI=1S/C23H27NO5S/c1-5-29-17-8-7-16(13-15(17)3)20(25)18-19(22-14(2)9-12-30-22)24(10-6-11-28-4)23(27)21(18)26/h7-9,12-13,19,25H,5-6,10-11H2,1-4H3/b20-18-. The fourth-order valence-electron chi connectivity index (χ4n) is 3.70. The van der Waals surface area contributed by atoms with Crippen molar-refractivity contribution in [2.75, 3.05) is 26.9 Å². The molecular weight excluding hydrogens is 402 g/mol. The lowest BCUT2D eigenvalue weighted by atomic mass is 9.97. The zero-order chi connectivity index (χ0) is 21.8. The van der Waals surface area contributed by atoms with Gasteiger partial charge in [-0.1, -0.05) is 0 Å². The van der Waals surface area contributed by atoms with E-state index in [1.54, 1.807) is 30.2 Å². The molecule has 1 atom stereocenters. The second-order valence-electron chi connectivity index (χ2n) is 7.22. The van der Waals surface area contributed by atoms with Gasteiger partial charge in [0.05, 0.1) is 18.2 Å². The van der Waals surface area contributed by atoms with Crippen LogP contribution < -0.4 is 4.74 Å². The molecule has 160 valence electrons. The molecule has 1 aliphatic rings. The number of ketones is 1.